The standard InChI is InChI=1S/C23H48N2OSi/c1-22(23(2)27(4,5)6)18-14-10-12-16-20-25-24-19-15-11-8-7-9-13-17-21-26-3/h7-21H2,1-6H3/b23-22+,25-24-. The zero-order valence-electron chi connectivity index (χ0n) is 19.4. The van der Waals surface area contributed by atoms with E-state index in [2.05, 4.69) is 43.7 Å². The van der Waals surface area contributed by atoms with Gasteiger partial charge in [-0.05, 0) is 46.0 Å². The molecular weight excluding hydrogens is 348 g/mol. The molecule has 0 atom stereocenters. The number of methoxy groups -OCH3 is 1. The summed E-state index contributed by atoms with van der Waals surface area (Å²) in [6, 6.07) is 0. The molecule has 0 aromatic rings. The van der Waals surface area contributed by atoms with Crippen LogP contribution in [0.25, 0.3) is 0 Å². The van der Waals surface area contributed by atoms with Crippen molar-refractivity contribution in [3.05, 3.63) is 10.8 Å². The van der Waals surface area contributed by atoms with Crippen LogP contribution in [0.15, 0.2) is 21.0 Å². The van der Waals surface area contributed by atoms with Gasteiger partial charge in [0, 0.05) is 13.7 Å². The fourth-order valence-electron chi connectivity index (χ4n) is 3.21. The normalized spacial score (nSPS) is 13.4. The van der Waals surface area contributed by atoms with E-state index in [0.29, 0.717) is 0 Å². The quantitative estimate of drug-likeness (QED) is 0.131. The molecule has 0 aliphatic carbocycles. The van der Waals surface area contributed by atoms with Gasteiger partial charge in [0.1, 0.15) is 0 Å². The first-order chi connectivity index (χ1) is 12.9. The first-order valence-corrected chi connectivity index (χ1v) is 14.9. The molecule has 4 heteroatoms. The van der Waals surface area contributed by atoms with Crippen molar-refractivity contribution in [3.8, 4) is 0 Å². The zero-order valence-corrected chi connectivity index (χ0v) is 20.4. The van der Waals surface area contributed by atoms with Crippen LogP contribution in [0, 0.1) is 0 Å². The highest BCUT2D eigenvalue weighted by atomic mass is 28.3. The van der Waals surface area contributed by atoms with E-state index in [4.69, 9.17) is 4.74 Å². The smallest absolute Gasteiger partial charge is 0.0719 e. The lowest BCUT2D eigenvalue weighted by Gasteiger charge is -2.20. The zero-order chi connectivity index (χ0) is 20.4. The van der Waals surface area contributed by atoms with Crippen molar-refractivity contribution < 1.29 is 4.74 Å². The Morgan fingerprint density at radius 2 is 1.11 bits per heavy atom. The van der Waals surface area contributed by atoms with E-state index in [1.165, 1.54) is 77.0 Å². The maximum Gasteiger partial charge on any atom is 0.0719 e. The number of azo groups is 1. The summed E-state index contributed by atoms with van der Waals surface area (Å²) in [5, 5.41) is 10.4. The third-order valence-electron chi connectivity index (χ3n) is 5.53. The lowest BCUT2D eigenvalue weighted by molar-refractivity contribution is 0.192. The van der Waals surface area contributed by atoms with Crippen molar-refractivity contribution >= 4 is 8.07 Å². The first kappa shape index (κ1) is 26.5. The number of unbranched alkanes of at least 4 members (excludes halogenated alkanes) is 9. The molecule has 0 aromatic heterocycles. The average molecular weight is 397 g/mol. The number of hydrogen-bond acceptors (Lipinski definition) is 3. The Labute approximate surface area is 171 Å². The fraction of sp³-hybridized carbons (Fsp3) is 0.913. The molecule has 0 bridgehead atoms. The average Bonchev–Trinajstić information content (AvgIpc) is 2.62. The SMILES string of the molecule is COCCCCCCCCC/N=N\CCCCCC/C(C)=C(\C)[Si](C)(C)C. The second-order valence-electron chi connectivity index (χ2n) is 9.02. The Bertz CT molecular complexity index is 400. The van der Waals surface area contributed by atoms with Gasteiger partial charge in [-0.2, -0.15) is 10.2 Å². The van der Waals surface area contributed by atoms with E-state index >= 15 is 0 Å². The van der Waals surface area contributed by atoms with Gasteiger partial charge in [0.05, 0.1) is 21.2 Å². The van der Waals surface area contributed by atoms with Crippen LogP contribution in [-0.2, 0) is 4.74 Å². The highest BCUT2D eigenvalue weighted by Gasteiger charge is 2.17. The minimum Gasteiger partial charge on any atom is -0.385 e. The summed E-state index contributed by atoms with van der Waals surface area (Å²) >= 11 is 0. The number of ether oxygens (including phenoxy) is 1. The van der Waals surface area contributed by atoms with Crippen LogP contribution in [0.4, 0.5) is 0 Å². The Hall–Kier alpha value is -0.483. The Balaban J connectivity index is 3.39. The van der Waals surface area contributed by atoms with Crippen LogP contribution in [0.2, 0.25) is 19.6 Å². The van der Waals surface area contributed by atoms with E-state index in [0.717, 1.165) is 19.7 Å². The van der Waals surface area contributed by atoms with Gasteiger partial charge in [-0.3, -0.25) is 0 Å². The molecule has 0 rings (SSSR count). The summed E-state index contributed by atoms with van der Waals surface area (Å²) in [6.07, 6.45) is 15.5. The molecule has 0 unspecified atom stereocenters. The predicted molar refractivity (Wildman–Crippen MR) is 124 cm³/mol. The monoisotopic (exact) mass is 396 g/mol. The van der Waals surface area contributed by atoms with Crippen LogP contribution in [-0.4, -0.2) is 34.9 Å². The lowest BCUT2D eigenvalue weighted by atomic mass is 10.1. The van der Waals surface area contributed by atoms with Crippen LogP contribution in [0.5, 0.6) is 0 Å². The van der Waals surface area contributed by atoms with Crippen molar-refractivity contribution in [1.82, 2.24) is 0 Å². The summed E-state index contributed by atoms with van der Waals surface area (Å²) in [6.45, 7) is 14.8. The molecule has 0 spiro atoms. The second-order valence-corrected chi connectivity index (χ2v) is 14.3. The molecule has 27 heavy (non-hydrogen) atoms. The van der Waals surface area contributed by atoms with Crippen LogP contribution < -0.4 is 0 Å². The first-order valence-electron chi connectivity index (χ1n) is 11.4. The minimum absolute atomic E-state index is 0.912. The predicted octanol–water partition coefficient (Wildman–Crippen LogP) is 7.98. The lowest BCUT2D eigenvalue weighted by Crippen LogP contribution is -2.23. The highest BCUT2D eigenvalue weighted by molar-refractivity contribution is 6.83. The van der Waals surface area contributed by atoms with Crippen molar-refractivity contribution in [2.24, 2.45) is 10.2 Å². The van der Waals surface area contributed by atoms with E-state index in [-0.39, 0.29) is 0 Å². The molecular formula is C23H48N2OSi. The molecule has 0 saturated heterocycles. The van der Waals surface area contributed by atoms with Gasteiger partial charge in [-0.25, -0.2) is 0 Å². The molecule has 3 nitrogen and oxygen atoms in total. The molecule has 0 amide bonds. The third kappa shape index (κ3) is 17.4. The summed E-state index contributed by atoms with van der Waals surface area (Å²) in [7, 11) is 0.694. The molecule has 0 aliphatic rings. The van der Waals surface area contributed by atoms with Gasteiger partial charge in [-0.15, -0.1) is 0 Å². The summed E-state index contributed by atoms with van der Waals surface area (Å²) in [4.78, 5) is 0. The maximum atomic E-state index is 5.07. The van der Waals surface area contributed by atoms with Crippen molar-refractivity contribution in [3.63, 3.8) is 0 Å². The number of nitrogens with zero attached hydrogens (tertiary/aromatic N) is 2. The molecule has 0 aromatic carbocycles. The molecule has 0 aliphatic heterocycles. The van der Waals surface area contributed by atoms with Crippen LogP contribution in [0.3, 0.4) is 0 Å². The topological polar surface area (TPSA) is 34.0 Å². The van der Waals surface area contributed by atoms with Gasteiger partial charge in [0.2, 0.25) is 0 Å². The van der Waals surface area contributed by atoms with Crippen molar-refractivity contribution in [1.29, 1.82) is 0 Å². The molecule has 0 saturated carbocycles. The van der Waals surface area contributed by atoms with Crippen LogP contribution in [0.1, 0.15) is 90.9 Å². The van der Waals surface area contributed by atoms with Crippen LogP contribution >= 0.6 is 0 Å². The van der Waals surface area contributed by atoms with E-state index in [9.17, 15) is 0 Å². The molecule has 0 radical (unpaired) electrons. The summed E-state index contributed by atoms with van der Waals surface area (Å²) in [5.74, 6) is 0. The van der Waals surface area contributed by atoms with Gasteiger partial charge in [-0.1, -0.05) is 75.4 Å². The van der Waals surface area contributed by atoms with Gasteiger partial charge < -0.3 is 4.74 Å². The fourth-order valence-corrected chi connectivity index (χ4v) is 4.61. The Morgan fingerprint density at radius 3 is 1.59 bits per heavy atom. The second kappa shape index (κ2) is 17.6. The van der Waals surface area contributed by atoms with Gasteiger partial charge >= 0.3 is 0 Å². The maximum absolute atomic E-state index is 5.07. The molecule has 0 N–H and O–H groups in total. The largest absolute Gasteiger partial charge is 0.385 e. The number of allylic oxidation sites excluding steroid dienone is 2. The Kier molecular flexibility index (Phi) is 17.3. The Morgan fingerprint density at radius 1 is 0.667 bits per heavy atom. The molecule has 160 valence electrons. The summed E-state index contributed by atoms with van der Waals surface area (Å²) in [5.41, 5.74) is 1.64. The highest BCUT2D eigenvalue weighted by Crippen LogP contribution is 2.21. The van der Waals surface area contributed by atoms with Gasteiger partial charge in [0.25, 0.3) is 0 Å². The molecule has 0 heterocycles. The minimum atomic E-state index is -1.09. The van der Waals surface area contributed by atoms with Crippen molar-refractivity contribution in [2.45, 2.75) is 111 Å². The van der Waals surface area contributed by atoms with E-state index < -0.39 is 8.07 Å². The van der Waals surface area contributed by atoms with E-state index in [1.54, 1.807) is 17.9 Å². The van der Waals surface area contributed by atoms with Crippen molar-refractivity contribution in [2.75, 3.05) is 26.8 Å². The third-order valence-corrected chi connectivity index (χ3v) is 8.21. The van der Waals surface area contributed by atoms with E-state index in [1.807, 2.05) is 0 Å². The number of rotatable bonds is 18. The summed E-state index contributed by atoms with van der Waals surface area (Å²) < 4.78 is 5.07. The number of hydrogen-bond donors (Lipinski definition) is 0. The molecule has 0 fully saturated rings. The van der Waals surface area contributed by atoms with Gasteiger partial charge in [0.15, 0.2) is 0 Å².